The number of hydrogen-bond donors (Lipinski definition) is 1. The first-order valence-corrected chi connectivity index (χ1v) is 12.9. The van der Waals surface area contributed by atoms with Gasteiger partial charge in [-0.2, -0.15) is 13.2 Å². The van der Waals surface area contributed by atoms with E-state index in [4.69, 9.17) is 4.74 Å². The number of nitrogens with one attached hydrogen (secondary N) is 1. The number of carbonyl (C=O) groups excluding carboxylic acids is 1. The van der Waals surface area contributed by atoms with Crippen LogP contribution in [-0.2, 0) is 15.7 Å². The molecule has 3 fully saturated rings. The smallest absolute Gasteiger partial charge is 0.381 e. The lowest BCUT2D eigenvalue weighted by molar-refractivity contribution is -0.145. The predicted molar refractivity (Wildman–Crippen MR) is 129 cm³/mol. The molecule has 1 aromatic heterocycles. The molecular weight excluding hydrogens is 457 g/mol. The molecular formula is C26H39F3N4O2. The quantitative estimate of drug-likeness (QED) is 0.662. The summed E-state index contributed by atoms with van der Waals surface area (Å²) in [6.07, 6.45) is -0.519. The number of pyridine rings is 1. The summed E-state index contributed by atoms with van der Waals surface area (Å²) in [7, 11) is 0. The number of rotatable bonds is 5. The first-order valence-electron chi connectivity index (χ1n) is 12.9. The molecule has 9 heteroatoms. The van der Waals surface area contributed by atoms with E-state index in [9.17, 15) is 18.0 Å². The minimum atomic E-state index is -4.40. The van der Waals surface area contributed by atoms with Crippen molar-refractivity contribution in [1.82, 2.24) is 15.2 Å². The molecule has 2 saturated heterocycles. The van der Waals surface area contributed by atoms with E-state index in [0.29, 0.717) is 55.9 Å². The van der Waals surface area contributed by atoms with E-state index in [2.05, 4.69) is 38.0 Å². The standard InChI is InChI=1S/C26H39F3N4O2/c1-17(2)25(7-5-21(14-25)31-23-18(3)15-35-16-19(23)4)24(34)33-11-9-32(10-12-33)22-13-20(6-8-30-22)26(27,28)29/h6,8,13,17-19,21,23,31H,5,7,9-12,14-16H2,1-4H3/t18-,19?,21-,23?,25?/m1/s1. The van der Waals surface area contributed by atoms with Gasteiger partial charge in [0.15, 0.2) is 0 Å². The number of carbonyl (C=O) groups is 1. The highest BCUT2D eigenvalue weighted by Crippen LogP contribution is 2.46. The molecule has 3 heterocycles. The van der Waals surface area contributed by atoms with Gasteiger partial charge in [0.05, 0.1) is 24.2 Å². The third kappa shape index (κ3) is 5.45. The van der Waals surface area contributed by atoms with E-state index < -0.39 is 17.2 Å². The summed E-state index contributed by atoms with van der Waals surface area (Å²) in [5.41, 5.74) is -1.09. The van der Waals surface area contributed by atoms with E-state index in [-0.39, 0.29) is 11.8 Å². The lowest BCUT2D eigenvalue weighted by atomic mass is 9.74. The van der Waals surface area contributed by atoms with Crippen LogP contribution < -0.4 is 10.2 Å². The second-order valence-electron chi connectivity index (χ2n) is 11.1. The SMILES string of the molecule is CC1COC[C@@H](C)C1N[C@@H]1CCC(C(=O)N2CCN(c3cc(C(F)(F)F)ccn3)CC2)(C(C)C)C1. The maximum absolute atomic E-state index is 13.9. The summed E-state index contributed by atoms with van der Waals surface area (Å²) in [6.45, 7) is 12.2. The third-order valence-corrected chi connectivity index (χ3v) is 8.46. The Kier molecular flexibility index (Phi) is 7.67. The van der Waals surface area contributed by atoms with Crippen molar-refractivity contribution in [2.24, 2.45) is 23.2 Å². The van der Waals surface area contributed by atoms with E-state index >= 15 is 0 Å². The Labute approximate surface area is 206 Å². The molecule has 35 heavy (non-hydrogen) atoms. The second-order valence-corrected chi connectivity index (χ2v) is 11.1. The topological polar surface area (TPSA) is 57.7 Å². The molecule has 1 N–H and O–H groups in total. The van der Waals surface area contributed by atoms with Crippen molar-refractivity contribution in [3.63, 3.8) is 0 Å². The van der Waals surface area contributed by atoms with E-state index in [1.165, 1.54) is 6.20 Å². The summed E-state index contributed by atoms with van der Waals surface area (Å²) < 4.78 is 45.0. The molecule has 0 bridgehead atoms. The number of amides is 1. The number of aromatic nitrogens is 1. The van der Waals surface area contributed by atoms with Gasteiger partial charge >= 0.3 is 6.18 Å². The second kappa shape index (κ2) is 10.2. The van der Waals surface area contributed by atoms with Crippen molar-refractivity contribution in [3.8, 4) is 0 Å². The summed E-state index contributed by atoms with van der Waals surface area (Å²) in [4.78, 5) is 21.8. The number of hydrogen-bond acceptors (Lipinski definition) is 5. The molecule has 3 aliphatic rings. The Hall–Kier alpha value is -1.87. The molecule has 3 unspecified atom stereocenters. The van der Waals surface area contributed by atoms with Gasteiger partial charge in [0.1, 0.15) is 5.82 Å². The van der Waals surface area contributed by atoms with Gasteiger partial charge in [0.25, 0.3) is 0 Å². The zero-order valence-corrected chi connectivity index (χ0v) is 21.3. The number of alkyl halides is 3. The molecule has 0 radical (unpaired) electrons. The van der Waals surface area contributed by atoms with Crippen molar-refractivity contribution in [2.45, 2.75) is 65.2 Å². The Morgan fingerprint density at radius 2 is 1.83 bits per heavy atom. The molecule has 2 aliphatic heterocycles. The average molecular weight is 497 g/mol. The van der Waals surface area contributed by atoms with Crippen LogP contribution in [0.4, 0.5) is 19.0 Å². The molecule has 1 aliphatic carbocycles. The molecule has 0 spiro atoms. The van der Waals surface area contributed by atoms with Crippen LogP contribution in [0.25, 0.3) is 0 Å². The van der Waals surface area contributed by atoms with E-state index in [0.717, 1.165) is 44.6 Å². The largest absolute Gasteiger partial charge is 0.416 e. The van der Waals surface area contributed by atoms with Gasteiger partial charge in [-0.1, -0.05) is 27.7 Å². The lowest BCUT2D eigenvalue weighted by Gasteiger charge is -2.42. The van der Waals surface area contributed by atoms with Crippen molar-refractivity contribution in [2.75, 3.05) is 44.3 Å². The zero-order chi connectivity index (χ0) is 25.4. The van der Waals surface area contributed by atoms with Crippen molar-refractivity contribution >= 4 is 11.7 Å². The first-order chi connectivity index (χ1) is 16.5. The number of piperazine rings is 1. The average Bonchev–Trinajstić information content (AvgIpc) is 3.26. The van der Waals surface area contributed by atoms with Gasteiger partial charge in [0, 0.05) is 44.5 Å². The van der Waals surface area contributed by atoms with Crippen LogP contribution in [0.1, 0.15) is 52.5 Å². The molecule has 1 amide bonds. The fourth-order valence-electron chi connectivity index (χ4n) is 6.21. The number of ether oxygens (including phenoxy) is 1. The van der Waals surface area contributed by atoms with Crippen molar-refractivity contribution in [1.29, 1.82) is 0 Å². The van der Waals surface area contributed by atoms with Gasteiger partial charge < -0.3 is 19.9 Å². The highest BCUT2D eigenvalue weighted by atomic mass is 19.4. The zero-order valence-electron chi connectivity index (χ0n) is 21.3. The summed E-state index contributed by atoms with van der Waals surface area (Å²) in [5.74, 6) is 1.62. The maximum Gasteiger partial charge on any atom is 0.416 e. The van der Waals surface area contributed by atoms with Crippen LogP contribution in [0.5, 0.6) is 0 Å². The molecule has 196 valence electrons. The van der Waals surface area contributed by atoms with E-state index in [1.807, 2.05) is 9.80 Å². The summed E-state index contributed by atoms with van der Waals surface area (Å²) in [6, 6.07) is 2.79. The van der Waals surface area contributed by atoms with Gasteiger partial charge in [0.2, 0.25) is 5.91 Å². The summed E-state index contributed by atoms with van der Waals surface area (Å²) >= 11 is 0. The van der Waals surface area contributed by atoms with Gasteiger partial charge in [-0.15, -0.1) is 0 Å². The van der Waals surface area contributed by atoms with Gasteiger partial charge in [-0.25, -0.2) is 4.98 Å². The molecule has 5 atom stereocenters. The first kappa shape index (κ1) is 26.2. The van der Waals surface area contributed by atoms with Crippen LogP contribution in [0.3, 0.4) is 0 Å². The Morgan fingerprint density at radius 3 is 2.43 bits per heavy atom. The maximum atomic E-state index is 13.9. The number of halogens is 3. The fourth-order valence-corrected chi connectivity index (χ4v) is 6.21. The van der Waals surface area contributed by atoms with Crippen LogP contribution >= 0.6 is 0 Å². The highest BCUT2D eigenvalue weighted by molar-refractivity contribution is 5.84. The molecule has 6 nitrogen and oxygen atoms in total. The molecule has 1 saturated carbocycles. The van der Waals surface area contributed by atoms with E-state index in [1.54, 1.807) is 0 Å². The highest BCUT2D eigenvalue weighted by Gasteiger charge is 2.50. The molecule has 0 aromatic carbocycles. The van der Waals surface area contributed by atoms with Crippen molar-refractivity contribution in [3.05, 3.63) is 23.9 Å². The minimum absolute atomic E-state index is 0.196. The predicted octanol–water partition coefficient (Wildman–Crippen LogP) is 4.20. The normalized spacial score (nSPS) is 32.3. The minimum Gasteiger partial charge on any atom is -0.381 e. The number of anilines is 1. The Balaban J connectivity index is 1.39. The Morgan fingerprint density at radius 1 is 1.17 bits per heavy atom. The molecule has 4 rings (SSSR count). The van der Waals surface area contributed by atoms with Gasteiger partial charge in [-0.3, -0.25) is 4.79 Å². The molecule has 1 aromatic rings. The lowest BCUT2D eigenvalue weighted by Crippen LogP contribution is -2.55. The van der Waals surface area contributed by atoms with Crippen LogP contribution in [0, 0.1) is 23.2 Å². The Bertz CT molecular complexity index is 878. The van der Waals surface area contributed by atoms with Gasteiger partial charge in [-0.05, 0) is 49.1 Å². The number of nitrogens with zero attached hydrogens (tertiary/aromatic N) is 3. The van der Waals surface area contributed by atoms with Crippen molar-refractivity contribution < 1.29 is 22.7 Å². The monoisotopic (exact) mass is 496 g/mol. The van der Waals surface area contributed by atoms with Crippen LogP contribution in [-0.4, -0.2) is 67.3 Å². The van der Waals surface area contributed by atoms with Crippen LogP contribution in [0.2, 0.25) is 0 Å². The summed E-state index contributed by atoms with van der Waals surface area (Å²) in [5, 5.41) is 3.87. The van der Waals surface area contributed by atoms with Crippen LogP contribution in [0.15, 0.2) is 18.3 Å². The fraction of sp³-hybridized carbons (Fsp3) is 0.769. The third-order valence-electron chi connectivity index (χ3n) is 8.46.